The van der Waals surface area contributed by atoms with Crippen LogP contribution < -0.4 is 0 Å². The highest BCUT2D eigenvalue weighted by atomic mass is 15.3. The van der Waals surface area contributed by atoms with Crippen molar-refractivity contribution in [2.75, 3.05) is 0 Å². The molecule has 2 nitrogen and oxygen atoms in total. The van der Waals surface area contributed by atoms with Gasteiger partial charge in [-0.3, -0.25) is 4.68 Å². The third-order valence-corrected chi connectivity index (χ3v) is 2.87. The molecule has 0 saturated heterocycles. The first-order valence-corrected chi connectivity index (χ1v) is 3.87. The summed E-state index contributed by atoms with van der Waals surface area (Å²) in [6, 6.07) is 0. The first-order valence-electron chi connectivity index (χ1n) is 3.87. The van der Waals surface area contributed by atoms with Crippen LogP contribution in [0.15, 0.2) is 6.20 Å². The van der Waals surface area contributed by atoms with Gasteiger partial charge in [-0.25, -0.2) is 0 Å². The van der Waals surface area contributed by atoms with Gasteiger partial charge >= 0.3 is 0 Å². The van der Waals surface area contributed by atoms with E-state index in [4.69, 9.17) is 0 Å². The molecule has 2 aliphatic carbocycles. The molecule has 2 heteroatoms. The number of aryl methyl sites for hydroxylation is 1. The molecular weight excluding hydrogens is 124 g/mol. The second-order valence-electron chi connectivity index (χ2n) is 3.48. The van der Waals surface area contributed by atoms with Crippen LogP contribution in [-0.4, -0.2) is 9.78 Å². The van der Waals surface area contributed by atoms with Gasteiger partial charge in [0.25, 0.3) is 0 Å². The monoisotopic (exact) mass is 134 g/mol. The molecule has 2 unspecified atom stereocenters. The van der Waals surface area contributed by atoms with E-state index in [0.29, 0.717) is 0 Å². The Morgan fingerprint density at radius 2 is 2.60 bits per heavy atom. The van der Waals surface area contributed by atoms with Gasteiger partial charge in [-0.05, 0) is 30.2 Å². The van der Waals surface area contributed by atoms with Gasteiger partial charge in [0.2, 0.25) is 0 Å². The first-order chi connectivity index (χ1) is 4.86. The van der Waals surface area contributed by atoms with Crippen LogP contribution in [0.5, 0.6) is 0 Å². The molecule has 0 aliphatic heterocycles. The second-order valence-corrected chi connectivity index (χ2v) is 3.48. The van der Waals surface area contributed by atoms with Crippen LogP contribution in [-0.2, 0) is 13.5 Å². The summed E-state index contributed by atoms with van der Waals surface area (Å²) in [6.45, 7) is 0. The highest BCUT2D eigenvalue weighted by molar-refractivity contribution is 5.35. The van der Waals surface area contributed by atoms with Gasteiger partial charge in [-0.2, -0.15) is 5.10 Å². The van der Waals surface area contributed by atoms with Crippen LogP contribution in [0.3, 0.4) is 0 Å². The van der Waals surface area contributed by atoms with Gasteiger partial charge in [-0.15, -0.1) is 0 Å². The lowest BCUT2D eigenvalue weighted by atomic mass is 10.2. The van der Waals surface area contributed by atoms with Crippen LogP contribution in [0.2, 0.25) is 0 Å². The molecule has 2 aliphatic rings. The van der Waals surface area contributed by atoms with Crippen molar-refractivity contribution in [3.63, 3.8) is 0 Å². The maximum absolute atomic E-state index is 4.23. The summed E-state index contributed by atoms with van der Waals surface area (Å²) in [5, 5.41) is 4.23. The standard InChI is InChI=1S/C8H10N2/c1-10-8-3-5-2-6(5)7(8)4-9-10/h4-6H,2-3H2,1H3. The Bertz CT molecular complexity index is 287. The highest BCUT2D eigenvalue weighted by Crippen LogP contribution is 2.55. The third kappa shape index (κ3) is 0.405. The van der Waals surface area contributed by atoms with Gasteiger partial charge in [0.05, 0.1) is 6.20 Å². The zero-order chi connectivity index (χ0) is 6.72. The number of nitrogens with zero attached hydrogens (tertiary/aromatic N) is 2. The largest absolute Gasteiger partial charge is 0.272 e. The molecule has 1 fully saturated rings. The SMILES string of the molecule is Cn1ncc2c1CC1CC21. The fourth-order valence-corrected chi connectivity index (χ4v) is 2.14. The fourth-order valence-electron chi connectivity index (χ4n) is 2.14. The predicted octanol–water partition coefficient (Wildman–Crippen LogP) is 1.08. The lowest BCUT2D eigenvalue weighted by Gasteiger charge is -1.96. The van der Waals surface area contributed by atoms with Crippen molar-refractivity contribution in [1.82, 2.24) is 9.78 Å². The summed E-state index contributed by atoms with van der Waals surface area (Å²) < 4.78 is 2.03. The molecule has 1 heterocycles. The summed E-state index contributed by atoms with van der Waals surface area (Å²) in [7, 11) is 2.05. The number of aromatic nitrogens is 2. The molecular formula is C8H10N2. The van der Waals surface area contributed by atoms with E-state index >= 15 is 0 Å². The van der Waals surface area contributed by atoms with Crippen molar-refractivity contribution in [2.45, 2.75) is 18.8 Å². The molecule has 1 aromatic rings. The number of hydrogen-bond acceptors (Lipinski definition) is 1. The molecule has 1 saturated carbocycles. The van der Waals surface area contributed by atoms with Crippen LogP contribution >= 0.6 is 0 Å². The first kappa shape index (κ1) is 4.94. The lowest BCUT2D eigenvalue weighted by molar-refractivity contribution is 0.687. The van der Waals surface area contributed by atoms with E-state index in [2.05, 4.69) is 5.10 Å². The normalized spacial score (nSPS) is 33.7. The number of rotatable bonds is 0. The Morgan fingerprint density at radius 1 is 1.70 bits per heavy atom. The van der Waals surface area contributed by atoms with Crippen molar-refractivity contribution in [3.05, 3.63) is 17.5 Å². The summed E-state index contributed by atoms with van der Waals surface area (Å²) in [4.78, 5) is 0. The van der Waals surface area contributed by atoms with Crippen molar-refractivity contribution in [2.24, 2.45) is 13.0 Å². The van der Waals surface area contributed by atoms with E-state index in [1.165, 1.54) is 24.1 Å². The highest BCUT2D eigenvalue weighted by Gasteiger charge is 2.46. The van der Waals surface area contributed by atoms with Crippen molar-refractivity contribution >= 4 is 0 Å². The second kappa shape index (κ2) is 1.29. The van der Waals surface area contributed by atoms with Gasteiger partial charge in [0, 0.05) is 12.7 Å². The number of hydrogen-bond donors (Lipinski definition) is 0. The minimum Gasteiger partial charge on any atom is -0.272 e. The van der Waals surface area contributed by atoms with E-state index in [-0.39, 0.29) is 0 Å². The molecule has 0 bridgehead atoms. The quantitative estimate of drug-likeness (QED) is 0.519. The minimum atomic E-state index is 0.906. The summed E-state index contributed by atoms with van der Waals surface area (Å²) in [5.41, 5.74) is 3.02. The van der Waals surface area contributed by atoms with E-state index in [9.17, 15) is 0 Å². The Balaban J connectivity index is 2.24. The Morgan fingerprint density at radius 3 is 3.40 bits per heavy atom. The number of fused-ring (bicyclic) bond motifs is 3. The predicted molar refractivity (Wildman–Crippen MR) is 37.8 cm³/mol. The van der Waals surface area contributed by atoms with Crippen molar-refractivity contribution < 1.29 is 0 Å². The van der Waals surface area contributed by atoms with E-state index in [1.54, 1.807) is 0 Å². The molecule has 2 atom stereocenters. The average molecular weight is 134 g/mol. The fraction of sp³-hybridized carbons (Fsp3) is 0.625. The molecule has 3 rings (SSSR count). The maximum atomic E-state index is 4.23. The van der Waals surface area contributed by atoms with Crippen LogP contribution in [0.25, 0.3) is 0 Å². The van der Waals surface area contributed by atoms with E-state index < -0.39 is 0 Å². The van der Waals surface area contributed by atoms with Crippen LogP contribution in [0.1, 0.15) is 23.6 Å². The maximum Gasteiger partial charge on any atom is 0.0527 e. The topological polar surface area (TPSA) is 17.8 Å². The zero-order valence-electron chi connectivity index (χ0n) is 6.04. The molecule has 1 aromatic heterocycles. The molecule has 10 heavy (non-hydrogen) atoms. The molecule has 0 spiro atoms. The van der Waals surface area contributed by atoms with Gasteiger partial charge in [0.15, 0.2) is 0 Å². The van der Waals surface area contributed by atoms with Gasteiger partial charge in [-0.1, -0.05) is 0 Å². The molecule has 0 N–H and O–H groups in total. The third-order valence-electron chi connectivity index (χ3n) is 2.87. The van der Waals surface area contributed by atoms with E-state index in [1.807, 2.05) is 17.9 Å². The average Bonchev–Trinajstić information content (AvgIpc) is 2.46. The molecule has 0 radical (unpaired) electrons. The minimum absolute atomic E-state index is 0.906. The molecule has 0 aromatic carbocycles. The Labute approximate surface area is 59.9 Å². The molecule has 52 valence electrons. The summed E-state index contributed by atoms with van der Waals surface area (Å²) in [6.07, 6.45) is 4.77. The van der Waals surface area contributed by atoms with Crippen LogP contribution in [0.4, 0.5) is 0 Å². The lowest BCUT2D eigenvalue weighted by Crippen LogP contribution is -1.97. The van der Waals surface area contributed by atoms with Crippen molar-refractivity contribution in [1.29, 1.82) is 0 Å². The zero-order valence-corrected chi connectivity index (χ0v) is 6.04. The Hall–Kier alpha value is -0.790. The van der Waals surface area contributed by atoms with Gasteiger partial charge < -0.3 is 0 Å². The van der Waals surface area contributed by atoms with E-state index in [0.717, 1.165) is 11.8 Å². The van der Waals surface area contributed by atoms with Crippen LogP contribution in [0, 0.1) is 5.92 Å². The summed E-state index contributed by atoms with van der Waals surface area (Å²) in [5.74, 6) is 1.91. The van der Waals surface area contributed by atoms with Crippen molar-refractivity contribution in [3.8, 4) is 0 Å². The summed E-state index contributed by atoms with van der Waals surface area (Å²) >= 11 is 0. The Kier molecular flexibility index (Phi) is 0.636. The smallest absolute Gasteiger partial charge is 0.0527 e. The van der Waals surface area contributed by atoms with Gasteiger partial charge in [0.1, 0.15) is 0 Å². The molecule has 0 amide bonds.